The summed E-state index contributed by atoms with van der Waals surface area (Å²) < 4.78 is 9.18. The van der Waals surface area contributed by atoms with Crippen molar-refractivity contribution in [1.82, 2.24) is 15.6 Å². The average molecular weight is 214 g/mol. The Labute approximate surface area is 86.9 Å². The second-order valence-electron chi connectivity index (χ2n) is 2.95. The van der Waals surface area contributed by atoms with Gasteiger partial charge in [0.05, 0.1) is 0 Å². The lowest BCUT2D eigenvalue weighted by atomic mass is 10.3. The van der Waals surface area contributed by atoms with Crippen LogP contribution in [0.25, 0.3) is 0 Å². The van der Waals surface area contributed by atoms with Crippen molar-refractivity contribution in [3.05, 3.63) is 5.69 Å². The highest BCUT2D eigenvalue weighted by Gasteiger charge is 2.14. The SMILES string of the molecule is COCCCCNC(=O)c1nonc1N. The topological polar surface area (TPSA) is 103 Å². The maximum absolute atomic E-state index is 11.4. The number of aromatic nitrogens is 2. The standard InChI is InChI=1S/C8H14N4O3/c1-14-5-3-2-4-10-8(13)6-7(9)12-15-11-6/h2-5H2,1H3,(H2,9,12)(H,10,13). The van der Waals surface area contributed by atoms with Gasteiger partial charge >= 0.3 is 0 Å². The zero-order valence-corrected chi connectivity index (χ0v) is 8.52. The number of nitrogens with one attached hydrogen (secondary N) is 1. The summed E-state index contributed by atoms with van der Waals surface area (Å²) in [5.41, 5.74) is 5.37. The molecule has 15 heavy (non-hydrogen) atoms. The number of anilines is 1. The quantitative estimate of drug-likeness (QED) is 0.636. The summed E-state index contributed by atoms with van der Waals surface area (Å²) in [6.07, 6.45) is 1.73. The number of hydrogen-bond acceptors (Lipinski definition) is 6. The predicted octanol–water partition coefficient (Wildman–Crippen LogP) is -0.192. The zero-order chi connectivity index (χ0) is 11.1. The van der Waals surface area contributed by atoms with Gasteiger partial charge in [-0.3, -0.25) is 4.79 Å². The van der Waals surface area contributed by atoms with E-state index >= 15 is 0 Å². The molecule has 84 valence electrons. The predicted molar refractivity (Wildman–Crippen MR) is 52.2 cm³/mol. The van der Waals surface area contributed by atoms with Crippen LogP contribution in [0.15, 0.2) is 4.63 Å². The third-order valence-corrected chi connectivity index (χ3v) is 1.79. The molecule has 3 N–H and O–H groups in total. The molecule has 1 heterocycles. The summed E-state index contributed by atoms with van der Waals surface area (Å²) in [5, 5.41) is 9.34. The molecule has 0 fully saturated rings. The van der Waals surface area contributed by atoms with Crippen LogP contribution in [0.5, 0.6) is 0 Å². The van der Waals surface area contributed by atoms with E-state index in [1.807, 2.05) is 0 Å². The van der Waals surface area contributed by atoms with Gasteiger partial charge in [-0.1, -0.05) is 0 Å². The largest absolute Gasteiger partial charge is 0.385 e. The molecule has 1 rings (SSSR count). The molecule has 0 aliphatic rings. The van der Waals surface area contributed by atoms with E-state index in [0.29, 0.717) is 13.2 Å². The van der Waals surface area contributed by atoms with Gasteiger partial charge in [0.15, 0.2) is 0 Å². The number of methoxy groups -OCH3 is 1. The number of unbranched alkanes of at least 4 members (excludes halogenated alkanes) is 1. The fraction of sp³-hybridized carbons (Fsp3) is 0.625. The smallest absolute Gasteiger partial charge is 0.277 e. The summed E-state index contributed by atoms with van der Waals surface area (Å²) in [6, 6.07) is 0. The Kier molecular flexibility index (Phi) is 4.55. The minimum Gasteiger partial charge on any atom is -0.385 e. The van der Waals surface area contributed by atoms with Gasteiger partial charge in [0.1, 0.15) is 0 Å². The van der Waals surface area contributed by atoms with E-state index in [-0.39, 0.29) is 17.4 Å². The van der Waals surface area contributed by atoms with Crippen LogP contribution in [-0.2, 0) is 4.74 Å². The fourth-order valence-electron chi connectivity index (χ4n) is 1.01. The summed E-state index contributed by atoms with van der Waals surface area (Å²) in [6.45, 7) is 1.23. The summed E-state index contributed by atoms with van der Waals surface area (Å²) in [5.74, 6) is -0.365. The molecule has 0 aliphatic heterocycles. The molecule has 0 saturated carbocycles. The first kappa shape index (κ1) is 11.4. The van der Waals surface area contributed by atoms with Gasteiger partial charge in [0.25, 0.3) is 5.91 Å². The van der Waals surface area contributed by atoms with Crippen molar-refractivity contribution in [2.45, 2.75) is 12.8 Å². The van der Waals surface area contributed by atoms with Gasteiger partial charge in [0, 0.05) is 20.3 Å². The minimum atomic E-state index is -0.369. The van der Waals surface area contributed by atoms with E-state index in [2.05, 4.69) is 20.3 Å². The third kappa shape index (κ3) is 3.55. The van der Waals surface area contributed by atoms with Crippen LogP contribution in [0.3, 0.4) is 0 Å². The minimum absolute atomic E-state index is 0.00407. The molecule has 1 aromatic rings. The van der Waals surface area contributed by atoms with E-state index in [4.69, 9.17) is 10.5 Å². The Morgan fingerprint density at radius 3 is 2.93 bits per heavy atom. The van der Waals surface area contributed by atoms with Crippen LogP contribution < -0.4 is 11.1 Å². The lowest BCUT2D eigenvalue weighted by molar-refractivity contribution is 0.0942. The number of carbonyl (C=O) groups is 1. The van der Waals surface area contributed by atoms with Crippen LogP contribution >= 0.6 is 0 Å². The zero-order valence-electron chi connectivity index (χ0n) is 8.52. The lowest BCUT2D eigenvalue weighted by Gasteiger charge is -2.02. The Balaban J connectivity index is 2.22. The molecule has 1 amide bonds. The van der Waals surface area contributed by atoms with Gasteiger partial charge in [-0.05, 0) is 23.2 Å². The number of nitrogen functional groups attached to an aromatic ring is 1. The van der Waals surface area contributed by atoms with Crippen molar-refractivity contribution >= 4 is 11.7 Å². The summed E-state index contributed by atoms with van der Waals surface area (Å²) >= 11 is 0. The highest BCUT2D eigenvalue weighted by atomic mass is 16.6. The van der Waals surface area contributed by atoms with Crippen LogP contribution in [0.2, 0.25) is 0 Å². The number of nitrogens with zero attached hydrogens (tertiary/aromatic N) is 2. The van der Waals surface area contributed by atoms with E-state index in [0.717, 1.165) is 12.8 Å². The molecule has 7 heteroatoms. The number of hydrogen-bond donors (Lipinski definition) is 2. The highest BCUT2D eigenvalue weighted by Crippen LogP contribution is 2.02. The number of carbonyl (C=O) groups excluding carboxylic acids is 1. The average Bonchev–Trinajstić information content (AvgIpc) is 2.64. The molecule has 0 aromatic carbocycles. The summed E-state index contributed by atoms with van der Waals surface area (Å²) in [4.78, 5) is 11.4. The molecular formula is C8H14N4O3. The van der Waals surface area contributed by atoms with E-state index in [1.165, 1.54) is 0 Å². The second kappa shape index (κ2) is 5.97. The number of amides is 1. The van der Waals surface area contributed by atoms with Gasteiger partial charge in [-0.2, -0.15) is 0 Å². The molecular weight excluding hydrogens is 200 g/mol. The van der Waals surface area contributed by atoms with E-state index in [9.17, 15) is 4.79 Å². The lowest BCUT2D eigenvalue weighted by Crippen LogP contribution is -2.25. The van der Waals surface area contributed by atoms with Crippen molar-refractivity contribution in [3.63, 3.8) is 0 Å². The first-order chi connectivity index (χ1) is 7.25. The number of ether oxygens (including phenoxy) is 1. The van der Waals surface area contributed by atoms with Crippen LogP contribution in [0, 0.1) is 0 Å². The first-order valence-electron chi connectivity index (χ1n) is 4.61. The maximum atomic E-state index is 11.4. The van der Waals surface area contributed by atoms with Gasteiger partial charge < -0.3 is 15.8 Å². The van der Waals surface area contributed by atoms with Crippen molar-refractivity contribution in [2.24, 2.45) is 0 Å². The molecule has 0 atom stereocenters. The van der Waals surface area contributed by atoms with Crippen LogP contribution in [0.4, 0.5) is 5.82 Å². The monoisotopic (exact) mass is 214 g/mol. The molecule has 0 bridgehead atoms. The van der Waals surface area contributed by atoms with Crippen molar-refractivity contribution in [2.75, 3.05) is 26.0 Å². The van der Waals surface area contributed by atoms with Crippen molar-refractivity contribution < 1.29 is 14.2 Å². The van der Waals surface area contributed by atoms with Crippen LogP contribution in [0.1, 0.15) is 23.3 Å². The summed E-state index contributed by atoms with van der Waals surface area (Å²) in [7, 11) is 1.64. The Morgan fingerprint density at radius 2 is 2.33 bits per heavy atom. The number of nitrogens with two attached hydrogens (primary N) is 1. The third-order valence-electron chi connectivity index (χ3n) is 1.79. The van der Waals surface area contributed by atoms with Gasteiger partial charge in [-0.15, -0.1) is 0 Å². The normalized spacial score (nSPS) is 10.2. The van der Waals surface area contributed by atoms with E-state index < -0.39 is 0 Å². The molecule has 7 nitrogen and oxygen atoms in total. The highest BCUT2D eigenvalue weighted by molar-refractivity contribution is 5.95. The second-order valence-corrected chi connectivity index (χ2v) is 2.95. The van der Waals surface area contributed by atoms with Gasteiger partial charge in [0.2, 0.25) is 11.5 Å². The van der Waals surface area contributed by atoms with Crippen LogP contribution in [-0.4, -0.2) is 36.5 Å². The van der Waals surface area contributed by atoms with Gasteiger partial charge in [-0.25, -0.2) is 4.63 Å². The Bertz CT molecular complexity index is 313. The fourth-order valence-corrected chi connectivity index (χ4v) is 1.01. The molecule has 0 saturated heterocycles. The first-order valence-corrected chi connectivity index (χ1v) is 4.61. The molecule has 0 spiro atoms. The van der Waals surface area contributed by atoms with Crippen molar-refractivity contribution in [3.8, 4) is 0 Å². The molecule has 0 unspecified atom stereocenters. The molecule has 1 aromatic heterocycles. The Hall–Kier alpha value is -1.63. The maximum Gasteiger partial charge on any atom is 0.277 e. The van der Waals surface area contributed by atoms with E-state index in [1.54, 1.807) is 7.11 Å². The van der Waals surface area contributed by atoms with Crippen molar-refractivity contribution in [1.29, 1.82) is 0 Å². The Morgan fingerprint density at radius 1 is 1.53 bits per heavy atom. The number of rotatable bonds is 6. The molecule has 0 radical (unpaired) electrons. The molecule has 0 aliphatic carbocycles.